The molecule has 0 saturated carbocycles. The van der Waals surface area contributed by atoms with Crippen molar-refractivity contribution in [2.45, 2.75) is 18.9 Å². The minimum atomic E-state index is -0.247. The lowest BCUT2D eigenvalue weighted by molar-refractivity contribution is -0.118. The van der Waals surface area contributed by atoms with E-state index in [-0.39, 0.29) is 11.9 Å². The highest BCUT2D eigenvalue weighted by Crippen LogP contribution is 2.21. The van der Waals surface area contributed by atoms with Gasteiger partial charge < -0.3 is 11.1 Å². The molecule has 0 heterocycles. The maximum Gasteiger partial charge on any atom is 0.217 e. The molecule has 0 aliphatic rings. The summed E-state index contributed by atoms with van der Waals surface area (Å²) in [4.78, 5) is 10.8. The average Bonchev–Trinajstić information content (AvgIpc) is 2.49. The third-order valence-corrected chi connectivity index (χ3v) is 3.21. The van der Waals surface area contributed by atoms with Crippen LogP contribution in [0.1, 0.15) is 30.0 Å². The number of nitrogens with two attached hydrogens (primary N) is 1. The first-order chi connectivity index (χ1) is 9.77. The molecule has 0 aliphatic heterocycles. The molecule has 0 atom stereocenters. The topological polar surface area (TPSA) is 55.1 Å². The van der Waals surface area contributed by atoms with E-state index in [1.165, 1.54) is 11.1 Å². The van der Waals surface area contributed by atoms with E-state index < -0.39 is 0 Å². The molecule has 0 spiro atoms. The predicted molar refractivity (Wildman–Crippen MR) is 81.2 cm³/mol. The minimum Gasteiger partial charge on any atom is -0.370 e. The van der Waals surface area contributed by atoms with Crippen LogP contribution in [0.15, 0.2) is 60.7 Å². The molecule has 3 heteroatoms. The van der Waals surface area contributed by atoms with Crippen LogP contribution >= 0.6 is 0 Å². The average molecular weight is 268 g/mol. The number of benzene rings is 2. The normalized spacial score (nSPS) is 10.7. The molecule has 2 rings (SSSR count). The van der Waals surface area contributed by atoms with E-state index in [2.05, 4.69) is 29.6 Å². The Labute approximate surface area is 119 Å². The van der Waals surface area contributed by atoms with Crippen LogP contribution in [0.5, 0.6) is 0 Å². The third-order valence-electron chi connectivity index (χ3n) is 3.21. The van der Waals surface area contributed by atoms with E-state index in [0.717, 1.165) is 13.0 Å². The molecule has 20 heavy (non-hydrogen) atoms. The minimum absolute atomic E-state index is 0.144. The van der Waals surface area contributed by atoms with E-state index in [0.29, 0.717) is 6.42 Å². The van der Waals surface area contributed by atoms with E-state index in [1.54, 1.807) is 0 Å². The smallest absolute Gasteiger partial charge is 0.217 e. The Bertz CT molecular complexity index is 486. The summed E-state index contributed by atoms with van der Waals surface area (Å²) in [5.74, 6) is -0.247. The van der Waals surface area contributed by atoms with E-state index in [4.69, 9.17) is 5.73 Å². The van der Waals surface area contributed by atoms with Crippen molar-refractivity contribution in [3.05, 3.63) is 71.8 Å². The van der Waals surface area contributed by atoms with Crippen LogP contribution in [0.2, 0.25) is 0 Å². The Kier molecular flexibility index (Phi) is 5.33. The van der Waals surface area contributed by atoms with Crippen LogP contribution in [-0.2, 0) is 4.79 Å². The molecule has 0 unspecified atom stereocenters. The number of hydrogen-bond donors (Lipinski definition) is 2. The lowest BCUT2D eigenvalue weighted by Crippen LogP contribution is -2.24. The molecule has 2 aromatic carbocycles. The van der Waals surface area contributed by atoms with Crippen molar-refractivity contribution in [1.29, 1.82) is 0 Å². The number of nitrogens with one attached hydrogen (secondary N) is 1. The van der Waals surface area contributed by atoms with Gasteiger partial charge in [0.25, 0.3) is 0 Å². The summed E-state index contributed by atoms with van der Waals surface area (Å²) >= 11 is 0. The molecule has 0 saturated heterocycles. The van der Waals surface area contributed by atoms with Gasteiger partial charge >= 0.3 is 0 Å². The summed E-state index contributed by atoms with van der Waals surface area (Å²) in [6.07, 6.45) is 1.18. The van der Waals surface area contributed by atoms with Gasteiger partial charge in [0.1, 0.15) is 0 Å². The standard InChI is InChI=1S/C17H20N2O/c18-16(20)12-7-13-19-17(14-8-3-1-4-9-14)15-10-5-2-6-11-15/h1-6,8-11,17,19H,7,12-13H2,(H2,18,20). The number of carbonyl (C=O) groups is 1. The molecular weight excluding hydrogens is 248 g/mol. The highest BCUT2D eigenvalue weighted by Gasteiger charge is 2.12. The first-order valence-electron chi connectivity index (χ1n) is 6.89. The van der Waals surface area contributed by atoms with Gasteiger partial charge in [0.2, 0.25) is 5.91 Å². The maximum absolute atomic E-state index is 10.8. The molecule has 0 fully saturated rings. The molecule has 0 aliphatic carbocycles. The van der Waals surface area contributed by atoms with Crippen molar-refractivity contribution in [3.8, 4) is 0 Å². The first kappa shape index (κ1) is 14.3. The molecular formula is C17H20N2O. The van der Waals surface area contributed by atoms with Crippen molar-refractivity contribution in [2.24, 2.45) is 5.73 Å². The molecule has 104 valence electrons. The molecule has 0 bridgehead atoms. The van der Waals surface area contributed by atoms with Gasteiger partial charge in [-0.15, -0.1) is 0 Å². The zero-order valence-corrected chi connectivity index (χ0v) is 11.5. The van der Waals surface area contributed by atoms with Crippen molar-refractivity contribution in [2.75, 3.05) is 6.54 Å². The van der Waals surface area contributed by atoms with Crippen molar-refractivity contribution >= 4 is 5.91 Å². The Hall–Kier alpha value is -2.13. The van der Waals surface area contributed by atoms with Gasteiger partial charge in [-0.2, -0.15) is 0 Å². The SMILES string of the molecule is NC(=O)CCCNC(c1ccccc1)c1ccccc1. The van der Waals surface area contributed by atoms with Crippen molar-refractivity contribution < 1.29 is 4.79 Å². The fourth-order valence-electron chi connectivity index (χ4n) is 2.23. The Balaban J connectivity index is 2.07. The number of rotatable bonds is 7. The lowest BCUT2D eigenvalue weighted by atomic mass is 9.98. The van der Waals surface area contributed by atoms with Crippen molar-refractivity contribution in [3.63, 3.8) is 0 Å². The second-order valence-corrected chi connectivity index (χ2v) is 4.78. The monoisotopic (exact) mass is 268 g/mol. The van der Waals surface area contributed by atoms with Crippen molar-refractivity contribution in [1.82, 2.24) is 5.32 Å². The van der Waals surface area contributed by atoms with Gasteiger partial charge in [0.05, 0.1) is 6.04 Å². The predicted octanol–water partition coefficient (Wildman–Crippen LogP) is 2.63. The Morgan fingerprint density at radius 3 is 1.90 bits per heavy atom. The van der Waals surface area contributed by atoms with Crippen LogP contribution in [-0.4, -0.2) is 12.5 Å². The van der Waals surface area contributed by atoms with Gasteiger partial charge in [-0.25, -0.2) is 0 Å². The quantitative estimate of drug-likeness (QED) is 0.758. The first-order valence-corrected chi connectivity index (χ1v) is 6.89. The van der Waals surface area contributed by atoms with E-state index in [9.17, 15) is 4.79 Å². The maximum atomic E-state index is 10.8. The summed E-state index contributed by atoms with van der Waals surface area (Å²) in [6.45, 7) is 0.761. The van der Waals surface area contributed by atoms with E-state index in [1.807, 2.05) is 36.4 Å². The molecule has 0 aromatic heterocycles. The highest BCUT2D eigenvalue weighted by atomic mass is 16.1. The van der Waals surface area contributed by atoms with Crippen LogP contribution in [0.3, 0.4) is 0 Å². The zero-order valence-electron chi connectivity index (χ0n) is 11.5. The molecule has 3 nitrogen and oxygen atoms in total. The summed E-state index contributed by atoms with van der Waals surface area (Å²) in [7, 11) is 0. The van der Waals surface area contributed by atoms with Crippen LogP contribution in [0, 0.1) is 0 Å². The van der Waals surface area contributed by atoms with Crippen LogP contribution in [0.25, 0.3) is 0 Å². The van der Waals surface area contributed by atoms with Crippen LogP contribution in [0.4, 0.5) is 0 Å². The fourth-order valence-corrected chi connectivity index (χ4v) is 2.23. The summed E-state index contributed by atoms with van der Waals surface area (Å²) in [6, 6.07) is 20.8. The fraction of sp³-hybridized carbons (Fsp3) is 0.235. The molecule has 0 radical (unpaired) electrons. The zero-order chi connectivity index (χ0) is 14.2. The number of carbonyl (C=O) groups excluding carboxylic acids is 1. The van der Waals surface area contributed by atoms with Gasteiger partial charge in [-0.1, -0.05) is 60.7 Å². The molecule has 3 N–H and O–H groups in total. The van der Waals surface area contributed by atoms with Gasteiger partial charge in [-0.05, 0) is 24.1 Å². The van der Waals surface area contributed by atoms with Gasteiger partial charge in [-0.3, -0.25) is 4.79 Å². The molecule has 1 amide bonds. The number of hydrogen-bond acceptors (Lipinski definition) is 2. The summed E-state index contributed by atoms with van der Waals surface area (Å²) in [5, 5.41) is 3.50. The van der Waals surface area contributed by atoms with E-state index >= 15 is 0 Å². The number of primary amides is 1. The highest BCUT2D eigenvalue weighted by molar-refractivity contribution is 5.73. The largest absolute Gasteiger partial charge is 0.370 e. The third kappa shape index (κ3) is 4.21. The molecule has 2 aromatic rings. The second-order valence-electron chi connectivity index (χ2n) is 4.78. The van der Waals surface area contributed by atoms with Gasteiger partial charge in [0, 0.05) is 6.42 Å². The van der Waals surface area contributed by atoms with Gasteiger partial charge in [0.15, 0.2) is 0 Å². The summed E-state index contributed by atoms with van der Waals surface area (Å²) in [5.41, 5.74) is 7.61. The second kappa shape index (κ2) is 7.46. The van der Waals surface area contributed by atoms with Crippen LogP contribution < -0.4 is 11.1 Å². The Morgan fingerprint density at radius 2 is 1.45 bits per heavy atom. The Morgan fingerprint density at radius 1 is 0.950 bits per heavy atom. The lowest BCUT2D eigenvalue weighted by Gasteiger charge is -2.19. The number of amides is 1. The summed E-state index contributed by atoms with van der Waals surface area (Å²) < 4.78 is 0.